The Labute approximate surface area is 127 Å². The Bertz CT molecular complexity index is 306. The van der Waals surface area contributed by atoms with Crippen molar-refractivity contribution in [2.24, 2.45) is 5.92 Å². The molecule has 124 valence electrons. The number of carboxylic acid groups (broad SMARTS) is 1. The largest absolute Gasteiger partial charge is 0.481 e. The summed E-state index contributed by atoms with van der Waals surface area (Å²) in [7, 11) is 1.62. The van der Waals surface area contributed by atoms with Crippen LogP contribution in [-0.4, -0.2) is 54.9 Å². The lowest BCUT2D eigenvalue weighted by Crippen LogP contribution is -2.47. The van der Waals surface area contributed by atoms with E-state index in [-0.39, 0.29) is 18.0 Å². The van der Waals surface area contributed by atoms with Gasteiger partial charge in [0.15, 0.2) is 0 Å². The molecule has 0 spiro atoms. The average Bonchev–Trinajstić information content (AvgIpc) is 2.47. The molecule has 1 atom stereocenters. The Kier molecular flexibility index (Phi) is 10.7. The van der Waals surface area contributed by atoms with Crippen molar-refractivity contribution in [2.75, 3.05) is 26.8 Å². The van der Waals surface area contributed by atoms with E-state index in [1.165, 1.54) is 0 Å². The molecule has 0 aliphatic heterocycles. The van der Waals surface area contributed by atoms with Gasteiger partial charge in [-0.05, 0) is 25.7 Å². The van der Waals surface area contributed by atoms with Crippen LogP contribution in [0.3, 0.4) is 0 Å². The molecule has 0 aromatic rings. The summed E-state index contributed by atoms with van der Waals surface area (Å²) in [5, 5.41) is 11.7. The van der Waals surface area contributed by atoms with Crippen LogP contribution in [0.25, 0.3) is 0 Å². The fourth-order valence-electron chi connectivity index (χ4n) is 2.20. The molecule has 0 bridgehead atoms. The van der Waals surface area contributed by atoms with Gasteiger partial charge in [0, 0.05) is 26.2 Å². The number of aliphatic carboxylic acids is 1. The third kappa shape index (κ3) is 7.90. The standard InChI is InChI=1S/C15H30N2O4/c1-5-13(6-2)17(10-11-21-4)15(20)16-9-7-8-12(3)14(18)19/h12-13H,5-11H2,1-4H3,(H,16,20)(H,18,19). The van der Waals surface area contributed by atoms with Gasteiger partial charge in [-0.25, -0.2) is 4.79 Å². The SMILES string of the molecule is CCC(CC)N(CCOC)C(=O)NCCCC(C)C(=O)O. The number of hydrogen-bond acceptors (Lipinski definition) is 3. The number of amides is 2. The van der Waals surface area contributed by atoms with Gasteiger partial charge in [-0.1, -0.05) is 20.8 Å². The molecular formula is C15H30N2O4. The molecule has 0 aliphatic carbocycles. The van der Waals surface area contributed by atoms with Crippen molar-refractivity contribution in [3.05, 3.63) is 0 Å². The number of hydrogen-bond donors (Lipinski definition) is 2. The van der Waals surface area contributed by atoms with Crippen molar-refractivity contribution in [2.45, 2.75) is 52.5 Å². The van der Waals surface area contributed by atoms with Crippen LogP contribution in [0.15, 0.2) is 0 Å². The highest BCUT2D eigenvalue weighted by Gasteiger charge is 2.20. The maximum atomic E-state index is 12.2. The Hall–Kier alpha value is -1.30. The van der Waals surface area contributed by atoms with Gasteiger partial charge < -0.3 is 20.1 Å². The lowest BCUT2D eigenvalue weighted by molar-refractivity contribution is -0.141. The summed E-state index contributed by atoms with van der Waals surface area (Å²) in [4.78, 5) is 24.8. The van der Waals surface area contributed by atoms with Gasteiger partial charge in [0.1, 0.15) is 0 Å². The zero-order valence-corrected chi connectivity index (χ0v) is 13.7. The molecule has 0 aromatic carbocycles. The van der Waals surface area contributed by atoms with Gasteiger partial charge >= 0.3 is 12.0 Å². The second kappa shape index (κ2) is 11.4. The number of urea groups is 1. The number of methoxy groups -OCH3 is 1. The summed E-state index contributed by atoms with van der Waals surface area (Å²) in [6.45, 7) is 7.39. The molecule has 0 fully saturated rings. The summed E-state index contributed by atoms with van der Waals surface area (Å²) in [6, 6.07) is 0.113. The van der Waals surface area contributed by atoms with Crippen LogP contribution in [0.4, 0.5) is 4.79 Å². The van der Waals surface area contributed by atoms with E-state index in [0.717, 1.165) is 12.8 Å². The van der Waals surface area contributed by atoms with Crippen LogP contribution in [0.2, 0.25) is 0 Å². The molecular weight excluding hydrogens is 272 g/mol. The fourth-order valence-corrected chi connectivity index (χ4v) is 2.20. The zero-order valence-electron chi connectivity index (χ0n) is 13.7. The van der Waals surface area contributed by atoms with Crippen molar-refractivity contribution < 1.29 is 19.4 Å². The van der Waals surface area contributed by atoms with E-state index in [9.17, 15) is 9.59 Å². The van der Waals surface area contributed by atoms with E-state index in [1.54, 1.807) is 14.0 Å². The minimum atomic E-state index is -0.792. The number of carboxylic acids is 1. The lowest BCUT2D eigenvalue weighted by Gasteiger charge is -2.30. The normalized spacial score (nSPS) is 12.2. The first-order valence-corrected chi connectivity index (χ1v) is 7.74. The first-order valence-electron chi connectivity index (χ1n) is 7.74. The highest BCUT2D eigenvalue weighted by atomic mass is 16.5. The molecule has 6 heteroatoms. The molecule has 2 N–H and O–H groups in total. The lowest BCUT2D eigenvalue weighted by atomic mass is 10.1. The first kappa shape index (κ1) is 19.7. The van der Waals surface area contributed by atoms with E-state index >= 15 is 0 Å². The van der Waals surface area contributed by atoms with Gasteiger partial charge in [0.05, 0.1) is 12.5 Å². The topological polar surface area (TPSA) is 78.9 Å². The summed E-state index contributed by atoms with van der Waals surface area (Å²) in [5.41, 5.74) is 0. The summed E-state index contributed by atoms with van der Waals surface area (Å²) in [5.74, 6) is -1.16. The smallest absolute Gasteiger partial charge is 0.317 e. The van der Waals surface area contributed by atoms with E-state index in [2.05, 4.69) is 19.2 Å². The van der Waals surface area contributed by atoms with Gasteiger partial charge in [-0.15, -0.1) is 0 Å². The molecule has 0 heterocycles. The van der Waals surface area contributed by atoms with Crippen molar-refractivity contribution in [1.29, 1.82) is 0 Å². The molecule has 0 radical (unpaired) electrons. The number of nitrogens with zero attached hydrogens (tertiary/aromatic N) is 1. The van der Waals surface area contributed by atoms with Crippen LogP contribution >= 0.6 is 0 Å². The molecule has 0 rings (SSSR count). The minimum Gasteiger partial charge on any atom is -0.481 e. The quantitative estimate of drug-likeness (QED) is 0.574. The number of carbonyl (C=O) groups is 2. The van der Waals surface area contributed by atoms with Crippen LogP contribution in [0, 0.1) is 5.92 Å². The number of nitrogens with one attached hydrogen (secondary N) is 1. The third-order valence-electron chi connectivity index (χ3n) is 3.69. The van der Waals surface area contributed by atoms with Gasteiger partial charge in [0.25, 0.3) is 0 Å². The van der Waals surface area contributed by atoms with Crippen LogP contribution in [0.1, 0.15) is 46.5 Å². The molecule has 0 aliphatic rings. The van der Waals surface area contributed by atoms with E-state index in [1.807, 2.05) is 4.90 Å². The summed E-state index contributed by atoms with van der Waals surface area (Å²) < 4.78 is 5.06. The Morgan fingerprint density at radius 3 is 2.38 bits per heavy atom. The minimum absolute atomic E-state index is 0.0938. The van der Waals surface area contributed by atoms with Crippen molar-refractivity contribution in [1.82, 2.24) is 10.2 Å². The number of rotatable bonds is 11. The van der Waals surface area contributed by atoms with E-state index in [4.69, 9.17) is 9.84 Å². The number of carbonyl (C=O) groups excluding carboxylic acids is 1. The second-order valence-corrected chi connectivity index (χ2v) is 5.27. The first-order chi connectivity index (χ1) is 9.97. The van der Waals surface area contributed by atoms with Gasteiger partial charge in [0.2, 0.25) is 0 Å². The molecule has 0 saturated heterocycles. The van der Waals surface area contributed by atoms with Gasteiger partial charge in [-0.2, -0.15) is 0 Å². The summed E-state index contributed by atoms with van der Waals surface area (Å²) >= 11 is 0. The average molecular weight is 302 g/mol. The highest BCUT2D eigenvalue weighted by molar-refractivity contribution is 5.74. The van der Waals surface area contributed by atoms with Crippen molar-refractivity contribution >= 4 is 12.0 Å². The monoisotopic (exact) mass is 302 g/mol. The van der Waals surface area contributed by atoms with Crippen LogP contribution in [-0.2, 0) is 9.53 Å². The summed E-state index contributed by atoms with van der Waals surface area (Å²) in [6.07, 6.45) is 3.05. The van der Waals surface area contributed by atoms with Crippen molar-refractivity contribution in [3.8, 4) is 0 Å². The highest BCUT2D eigenvalue weighted by Crippen LogP contribution is 2.09. The maximum Gasteiger partial charge on any atom is 0.317 e. The predicted molar refractivity (Wildman–Crippen MR) is 82.4 cm³/mol. The third-order valence-corrected chi connectivity index (χ3v) is 3.69. The van der Waals surface area contributed by atoms with Crippen molar-refractivity contribution in [3.63, 3.8) is 0 Å². The molecule has 0 aromatic heterocycles. The molecule has 2 amide bonds. The van der Waals surface area contributed by atoms with Crippen LogP contribution in [0.5, 0.6) is 0 Å². The van der Waals surface area contributed by atoms with E-state index < -0.39 is 5.97 Å². The molecule has 21 heavy (non-hydrogen) atoms. The molecule has 0 saturated carbocycles. The second-order valence-electron chi connectivity index (χ2n) is 5.27. The van der Waals surface area contributed by atoms with Crippen LogP contribution < -0.4 is 5.32 Å². The fraction of sp³-hybridized carbons (Fsp3) is 0.867. The predicted octanol–water partition coefficient (Wildman–Crippen LogP) is 2.33. The van der Waals surface area contributed by atoms with Gasteiger partial charge in [-0.3, -0.25) is 4.79 Å². The Morgan fingerprint density at radius 2 is 1.90 bits per heavy atom. The van der Waals surface area contributed by atoms with E-state index in [0.29, 0.717) is 32.5 Å². The Morgan fingerprint density at radius 1 is 1.29 bits per heavy atom. The molecule has 1 unspecified atom stereocenters. The maximum absolute atomic E-state index is 12.2. The zero-order chi connectivity index (χ0) is 16.3. The molecule has 6 nitrogen and oxygen atoms in total. The number of ether oxygens (including phenoxy) is 1. The Balaban J connectivity index is 4.24.